The lowest BCUT2D eigenvalue weighted by atomic mass is 9.90. The lowest BCUT2D eigenvalue weighted by molar-refractivity contribution is 0.0153. The monoisotopic (exact) mass is 415 g/mol. The van der Waals surface area contributed by atoms with Gasteiger partial charge in [-0.2, -0.15) is 0 Å². The number of carbonyl (C=O) groups is 1. The number of benzene rings is 4. The smallest absolute Gasteiger partial charge is 0.407 e. The van der Waals surface area contributed by atoms with Crippen molar-refractivity contribution < 1.29 is 19.7 Å². The third-order valence-corrected chi connectivity index (χ3v) is 5.40. The van der Waals surface area contributed by atoms with Gasteiger partial charge in [-0.05, 0) is 45.2 Å². The van der Waals surface area contributed by atoms with E-state index >= 15 is 0 Å². The zero-order valence-corrected chi connectivity index (χ0v) is 17.1. The maximum absolute atomic E-state index is 11.9. The van der Waals surface area contributed by atoms with Crippen LogP contribution in [0.15, 0.2) is 84.9 Å². The van der Waals surface area contributed by atoms with Crippen molar-refractivity contribution in [1.82, 2.24) is 5.32 Å². The maximum Gasteiger partial charge on any atom is 0.407 e. The molecule has 0 aliphatic heterocycles. The first-order chi connectivity index (χ1) is 15.1. The Balaban J connectivity index is 1.41. The molecule has 0 heterocycles. The van der Waals surface area contributed by atoms with E-state index in [0.29, 0.717) is 5.56 Å². The number of carbonyl (C=O) groups excluding carboxylic acids is 1. The quantitative estimate of drug-likeness (QED) is 0.382. The molecule has 5 heteroatoms. The highest BCUT2D eigenvalue weighted by molar-refractivity contribution is 6.02. The van der Waals surface area contributed by atoms with Crippen molar-refractivity contribution >= 4 is 27.6 Å². The molecule has 2 unspecified atom stereocenters. The highest BCUT2D eigenvalue weighted by atomic mass is 16.5. The summed E-state index contributed by atoms with van der Waals surface area (Å²) in [4.78, 5) is 11.9. The number of aliphatic hydroxyl groups is 2. The number of rotatable bonds is 7. The van der Waals surface area contributed by atoms with E-state index in [1.165, 1.54) is 0 Å². The standard InChI is InChI=1S/C26H25NO4/c28-23(14-15-27-26(30)31-17-18-8-2-1-3-9-18)25(29)24-21-12-6-4-10-19(21)16-20-11-5-7-13-22(20)24/h1-13,16,23,25,28-29H,14-15,17H2,(H,27,30). The minimum atomic E-state index is -1.09. The van der Waals surface area contributed by atoms with Crippen molar-refractivity contribution in [2.75, 3.05) is 6.54 Å². The second kappa shape index (κ2) is 9.60. The predicted molar refractivity (Wildman–Crippen MR) is 122 cm³/mol. The van der Waals surface area contributed by atoms with Gasteiger partial charge in [0.2, 0.25) is 0 Å². The van der Waals surface area contributed by atoms with E-state index in [-0.39, 0.29) is 19.6 Å². The van der Waals surface area contributed by atoms with Crippen molar-refractivity contribution in [3.8, 4) is 0 Å². The van der Waals surface area contributed by atoms with Crippen molar-refractivity contribution in [3.63, 3.8) is 0 Å². The molecule has 4 aromatic carbocycles. The average Bonchev–Trinajstić information content (AvgIpc) is 2.81. The van der Waals surface area contributed by atoms with Crippen LogP contribution >= 0.6 is 0 Å². The highest BCUT2D eigenvalue weighted by Crippen LogP contribution is 2.34. The Bertz CT molecular complexity index is 1120. The fourth-order valence-corrected chi connectivity index (χ4v) is 3.81. The van der Waals surface area contributed by atoms with Gasteiger partial charge in [0, 0.05) is 6.54 Å². The van der Waals surface area contributed by atoms with Gasteiger partial charge < -0.3 is 20.3 Å². The molecule has 3 N–H and O–H groups in total. The van der Waals surface area contributed by atoms with Crippen LogP contribution in [0.1, 0.15) is 23.7 Å². The largest absolute Gasteiger partial charge is 0.445 e. The minimum Gasteiger partial charge on any atom is -0.445 e. The summed E-state index contributed by atoms with van der Waals surface area (Å²) in [6.07, 6.45) is -2.48. The van der Waals surface area contributed by atoms with Crippen LogP contribution in [0.5, 0.6) is 0 Å². The van der Waals surface area contributed by atoms with Crippen molar-refractivity contribution in [1.29, 1.82) is 0 Å². The second-order valence-electron chi connectivity index (χ2n) is 7.52. The van der Waals surface area contributed by atoms with Gasteiger partial charge in [-0.3, -0.25) is 0 Å². The molecule has 1 amide bonds. The summed E-state index contributed by atoms with van der Waals surface area (Å²) in [5.41, 5.74) is 1.60. The SMILES string of the molecule is O=C(NCCC(O)C(O)c1c2ccccc2cc2ccccc12)OCc1ccccc1. The number of fused-ring (bicyclic) bond motifs is 2. The number of amides is 1. The Morgan fingerprint density at radius 2 is 1.42 bits per heavy atom. The first-order valence-electron chi connectivity index (χ1n) is 10.3. The molecule has 0 radical (unpaired) electrons. The highest BCUT2D eigenvalue weighted by Gasteiger charge is 2.23. The molecule has 31 heavy (non-hydrogen) atoms. The van der Waals surface area contributed by atoms with Crippen molar-refractivity contribution in [3.05, 3.63) is 96.1 Å². The molecule has 158 valence electrons. The van der Waals surface area contributed by atoms with Gasteiger partial charge in [0.15, 0.2) is 0 Å². The Kier molecular flexibility index (Phi) is 6.46. The molecule has 0 bridgehead atoms. The Morgan fingerprint density at radius 1 is 0.839 bits per heavy atom. The first kappa shape index (κ1) is 20.8. The van der Waals surface area contributed by atoms with Gasteiger partial charge in [0.1, 0.15) is 12.7 Å². The van der Waals surface area contributed by atoms with Gasteiger partial charge in [-0.15, -0.1) is 0 Å². The number of hydrogen-bond acceptors (Lipinski definition) is 4. The lowest BCUT2D eigenvalue weighted by Crippen LogP contribution is -2.30. The van der Waals surface area contributed by atoms with E-state index in [1.54, 1.807) is 0 Å². The molecule has 0 fully saturated rings. The fraction of sp³-hybridized carbons (Fsp3) is 0.192. The third-order valence-electron chi connectivity index (χ3n) is 5.40. The summed E-state index contributed by atoms with van der Waals surface area (Å²) in [5, 5.41) is 28.1. The van der Waals surface area contributed by atoms with Gasteiger partial charge in [-0.25, -0.2) is 4.79 Å². The van der Waals surface area contributed by atoms with Gasteiger partial charge in [0.25, 0.3) is 0 Å². The molecule has 4 aromatic rings. The van der Waals surface area contributed by atoms with Crippen LogP contribution in [0, 0.1) is 0 Å². The molecule has 4 rings (SSSR count). The van der Waals surface area contributed by atoms with Crippen LogP contribution in [0.25, 0.3) is 21.5 Å². The summed E-state index contributed by atoms with van der Waals surface area (Å²) in [6.45, 7) is 0.369. The van der Waals surface area contributed by atoms with E-state index in [0.717, 1.165) is 27.1 Å². The zero-order valence-electron chi connectivity index (χ0n) is 17.1. The summed E-state index contributed by atoms with van der Waals surface area (Å²) in [7, 11) is 0. The van der Waals surface area contributed by atoms with Gasteiger partial charge in [0.05, 0.1) is 6.10 Å². The molecular formula is C26H25NO4. The van der Waals surface area contributed by atoms with Crippen LogP contribution < -0.4 is 5.32 Å². The Labute approximate surface area is 180 Å². The number of ether oxygens (including phenoxy) is 1. The van der Waals surface area contributed by atoms with Gasteiger partial charge in [-0.1, -0.05) is 78.9 Å². The topological polar surface area (TPSA) is 78.8 Å². The van der Waals surface area contributed by atoms with E-state index in [2.05, 4.69) is 11.4 Å². The molecule has 0 aliphatic carbocycles. The van der Waals surface area contributed by atoms with E-state index in [4.69, 9.17) is 4.74 Å². The molecule has 2 atom stereocenters. The predicted octanol–water partition coefficient (Wildman–Crippen LogP) is 4.70. The van der Waals surface area contributed by atoms with Gasteiger partial charge >= 0.3 is 6.09 Å². The normalized spacial score (nSPS) is 13.1. The van der Waals surface area contributed by atoms with E-state index in [9.17, 15) is 15.0 Å². The zero-order chi connectivity index (χ0) is 21.6. The first-order valence-corrected chi connectivity index (χ1v) is 10.3. The maximum atomic E-state index is 11.9. The number of nitrogens with one attached hydrogen (secondary N) is 1. The lowest BCUT2D eigenvalue weighted by Gasteiger charge is -2.22. The van der Waals surface area contributed by atoms with Crippen molar-refractivity contribution in [2.45, 2.75) is 25.2 Å². The van der Waals surface area contributed by atoms with Crippen LogP contribution in [-0.2, 0) is 11.3 Å². The second-order valence-corrected chi connectivity index (χ2v) is 7.52. The average molecular weight is 415 g/mol. The molecule has 5 nitrogen and oxygen atoms in total. The van der Waals surface area contributed by atoms with Crippen LogP contribution in [-0.4, -0.2) is 29.0 Å². The van der Waals surface area contributed by atoms with Crippen LogP contribution in [0.3, 0.4) is 0 Å². The third kappa shape index (κ3) is 4.85. The summed E-state index contributed by atoms with van der Waals surface area (Å²) in [5.74, 6) is 0. The molecule has 0 aliphatic rings. The number of hydrogen-bond donors (Lipinski definition) is 3. The Hall–Kier alpha value is -3.41. The van der Waals surface area contributed by atoms with Crippen molar-refractivity contribution in [2.24, 2.45) is 0 Å². The molecular weight excluding hydrogens is 390 g/mol. The Morgan fingerprint density at radius 3 is 2.06 bits per heavy atom. The summed E-state index contributed by atoms with van der Waals surface area (Å²) < 4.78 is 5.18. The minimum absolute atomic E-state index is 0.180. The fourth-order valence-electron chi connectivity index (χ4n) is 3.81. The summed E-state index contributed by atoms with van der Waals surface area (Å²) >= 11 is 0. The molecule has 0 aromatic heterocycles. The number of aliphatic hydroxyl groups excluding tert-OH is 2. The molecule has 0 spiro atoms. The molecule has 0 saturated carbocycles. The number of alkyl carbamates (subject to hydrolysis) is 1. The van der Waals surface area contributed by atoms with Crippen LogP contribution in [0.4, 0.5) is 4.79 Å². The van der Waals surface area contributed by atoms with E-state index in [1.807, 2.05) is 78.9 Å². The van der Waals surface area contributed by atoms with E-state index < -0.39 is 18.3 Å². The summed E-state index contributed by atoms with van der Waals surface area (Å²) in [6, 6.07) is 27.1. The molecule has 0 saturated heterocycles. The van der Waals surface area contributed by atoms with Crippen LogP contribution in [0.2, 0.25) is 0 Å².